The summed E-state index contributed by atoms with van der Waals surface area (Å²) in [5.41, 5.74) is 1.64. The molecule has 96 valence electrons. The Kier molecular flexibility index (Phi) is 4.63. The fourth-order valence-corrected chi connectivity index (χ4v) is 4.01. The Morgan fingerprint density at radius 2 is 2.12 bits per heavy atom. The molecule has 1 aromatic heterocycles. The van der Waals surface area contributed by atoms with Crippen molar-refractivity contribution in [1.82, 2.24) is 5.32 Å². The van der Waals surface area contributed by atoms with Crippen molar-refractivity contribution in [3.8, 4) is 0 Å². The zero-order valence-electron chi connectivity index (χ0n) is 11.4. The molecule has 0 saturated carbocycles. The molecule has 0 bridgehead atoms. The van der Waals surface area contributed by atoms with E-state index >= 15 is 0 Å². The molecule has 0 fully saturated rings. The third-order valence-corrected chi connectivity index (χ3v) is 5.39. The van der Waals surface area contributed by atoms with Crippen molar-refractivity contribution in [2.75, 3.05) is 7.05 Å². The van der Waals surface area contributed by atoms with E-state index in [-0.39, 0.29) is 0 Å². The van der Waals surface area contributed by atoms with Crippen LogP contribution < -0.4 is 5.32 Å². The lowest BCUT2D eigenvalue weighted by molar-refractivity contribution is 0.426. The predicted molar refractivity (Wildman–Crippen MR) is 76.8 cm³/mol. The third-order valence-electron chi connectivity index (χ3n) is 4.04. The van der Waals surface area contributed by atoms with Crippen LogP contribution in [-0.4, -0.2) is 7.05 Å². The summed E-state index contributed by atoms with van der Waals surface area (Å²) >= 11 is 2.06. The van der Waals surface area contributed by atoms with E-state index in [0.29, 0.717) is 6.04 Å². The first-order valence-corrected chi connectivity index (χ1v) is 7.85. The van der Waals surface area contributed by atoms with Gasteiger partial charge in [-0.25, -0.2) is 0 Å². The monoisotopic (exact) mass is 251 g/mol. The Balaban J connectivity index is 2.10. The van der Waals surface area contributed by atoms with Crippen LogP contribution in [0.4, 0.5) is 0 Å². The van der Waals surface area contributed by atoms with E-state index in [1.807, 2.05) is 0 Å². The lowest BCUT2D eigenvalue weighted by atomic mass is 9.96. The lowest BCUT2D eigenvalue weighted by Gasteiger charge is -2.18. The molecule has 2 atom stereocenters. The van der Waals surface area contributed by atoms with Crippen LogP contribution in [0.1, 0.15) is 60.9 Å². The van der Waals surface area contributed by atoms with Crippen LogP contribution in [0.25, 0.3) is 0 Å². The van der Waals surface area contributed by atoms with Gasteiger partial charge in [-0.05, 0) is 56.7 Å². The van der Waals surface area contributed by atoms with Crippen LogP contribution in [0.2, 0.25) is 0 Å². The van der Waals surface area contributed by atoms with Crippen LogP contribution >= 0.6 is 11.3 Å². The fraction of sp³-hybridized carbons (Fsp3) is 0.733. The van der Waals surface area contributed by atoms with Gasteiger partial charge in [0, 0.05) is 15.8 Å². The smallest absolute Gasteiger partial charge is 0.0415 e. The number of rotatable bonds is 5. The lowest BCUT2D eigenvalue weighted by Crippen LogP contribution is -2.17. The molecular weight excluding hydrogens is 226 g/mol. The molecule has 1 aliphatic rings. The fourth-order valence-electron chi connectivity index (χ4n) is 2.63. The van der Waals surface area contributed by atoms with Gasteiger partial charge in [0.05, 0.1) is 0 Å². The van der Waals surface area contributed by atoms with E-state index in [4.69, 9.17) is 0 Å². The van der Waals surface area contributed by atoms with Gasteiger partial charge in [0.2, 0.25) is 0 Å². The number of fused-ring (bicyclic) bond motifs is 1. The summed E-state index contributed by atoms with van der Waals surface area (Å²) in [6.45, 7) is 4.65. The molecule has 0 spiro atoms. The Hall–Kier alpha value is -0.340. The van der Waals surface area contributed by atoms with Crippen LogP contribution in [0.3, 0.4) is 0 Å². The zero-order chi connectivity index (χ0) is 12.3. The van der Waals surface area contributed by atoms with Crippen molar-refractivity contribution >= 4 is 11.3 Å². The van der Waals surface area contributed by atoms with E-state index in [1.54, 1.807) is 15.3 Å². The Morgan fingerprint density at radius 3 is 2.76 bits per heavy atom. The maximum Gasteiger partial charge on any atom is 0.0415 e. The van der Waals surface area contributed by atoms with Gasteiger partial charge >= 0.3 is 0 Å². The minimum atomic E-state index is 0.570. The van der Waals surface area contributed by atoms with Gasteiger partial charge in [-0.1, -0.05) is 20.3 Å². The third kappa shape index (κ3) is 3.11. The van der Waals surface area contributed by atoms with Gasteiger partial charge in [-0.3, -0.25) is 0 Å². The second-order valence-corrected chi connectivity index (χ2v) is 6.56. The summed E-state index contributed by atoms with van der Waals surface area (Å²) in [5, 5.41) is 3.50. The van der Waals surface area contributed by atoms with Gasteiger partial charge in [0.15, 0.2) is 0 Å². The molecule has 0 saturated heterocycles. The van der Waals surface area contributed by atoms with Crippen molar-refractivity contribution < 1.29 is 0 Å². The summed E-state index contributed by atoms with van der Waals surface area (Å²) in [7, 11) is 2.10. The van der Waals surface area contributed by atoms with Crippen molar-refractivity contribution in [3.05, 3.63) is 21.4 Å². The molecule has 0 aromatic carbocycles. The highest BCUT2D eigenvalue weighted by Gasteiger charge is 2.19. The van der Waals surface area contributed by atoms with Crippen molar-refractivity contribution in [2.45, 2.75) is 58.4 Å². The molecule has 17 heavy (non-hydrogen) atoms. The van der Waals surface area contributed by atoms with E-state index in [0.717, 1.165) is 5.92 Å². The maximum absolute atomic E-state index is 3.50. The molecule has 0 radical (unpaired) electrons. The molecule has 1 heterocycles. The minimum Gasteiger partial charge on any atom is -0.312 e. The Bertz CT molecular complexity index is 332. The first-order valence-electron chi connectivity index (χ1n) is 7.03. The van der Waals surface area contributed by atoms with Gasteiger partial charge < -0.3 is 5.32 Å². The standard InChI is InChI=1S/C15H25NS/c1-4-11(2)9-13(16-3)15-10-12-7-5-6-8-14(12)17-15/h10-11,13,16H,4-9H2,1-3H3. The molecule has 2 heteroatoms. The van der Waals surface area contributed by atoms with Gasteiger partial charge in [0.25, 0.3) is 0 Å². The van der Waals surface area contributed by atoms with E-state index in [9.17, 15) is 0 Å². The summed E-state index contributed by atoms with van der Waals surface area (Å²) in [6, 6.07) is 3.04. The number of aryl methyl sites for hydroxylation is 2. The van der Waals surface area contributed by atoms with Gasteiger partial charge in [0.1, 0.15) is 0 Å². The van der Waals surface area contributed by atoms with Crippen molar-refractivity contribution in [3.63, 3.8) is 0 Å². The molecule has 1 aliphatic carbocycles. The summed E-state index contributed by atoms with van der Waals surface area (Å²) < 4.78 is 0. The maximum atomic E-state index is 3.50. The SMILES string of the molecule is CCC(C)CC(NC)c1cc2c(s1)CCCC2. The highest BCUT2D eigenvalue weighted by Crippen LogP contribution is 2.35. The summed E-state index contributed by atoms with van der Waals surface area (Å²) in [5.74, 6) is 0.812. The molecule has 1 aromatic rings. The molecule has 1 nitrogen and oxygen atoms in total. The molecular formula is C15H25NS. The van der Waals surface area contributed by atoms with Crippen molar-refractivity contribution in [1.29, 1.82) is 0 Å². The zero-order valence-corrected chi connectivity index (χ0v) is 12.2. The first kappa shape index (κ1) is 13.1. The summed E-state index contributed by atoms with van der Waals surface area (Å²) in [4.78, 5) is 3.23. The average molecular weight is 251 g/mol. The quantitative estimate of drug-likeness (QED) is 0.821. The molecule has 1 N–H and O–H groups in total. The molecule has 0 amide bonds. The molecule has 2 unspecified atom stereocenters. The molecule has 0 aliphatic heterocycles. The highest BCUT2D eigenvalue weighted by atomic mass is 32.1. The Morgan fingerprint density at radius 1 is 1.35 bits per heavy atom. The Labute approximate surface area is 110 Å². The number of nitrogens with one attached hydrogen (secondary N) is 1. The van der Waals surface area contributed by atoms with Crippen LogP contribution in [0.15, 0.2) is 6.07 Å². The van der Waals surface area contributed by atoms with Crippen molar-refractivity contribution in [2.24, 2.45) is 5.92 Å². The van der Waals surface area contributed by atoms with Crippen LogP contribution in [0, 0.1) is 5.92 Å². The first-order chi connectivity index (χ1) is 8.24. The van der Waals surface area contributed by atoms with E-state index in [1.165, 1.54) is 38.5 Å². The van der Waals surface area contributed by atoms with Crippen LogP contribution in [0.5, 0.6) is 0 Å². The van der Waals surface area contributed by atoms with E-state index < -0.39 is 0 Å². The number of hydrogen-bond acceptors (Lipinski definition) is 2. The predicted octanol–water partition coefficient (Wildman–Crippen LogP) is 4.32. The second kappa shape index (κ2) is 6.01. The van der Waals surface area contributed by atoms with Gasteiger partial charge in [-0.2, -0.15) is 0 Å². The largest absolute Gasteiger partial charge is 0.312 e. The second-order valence-electron chi connectivity index (χ2n) is 5.39. The number of thiophene rings is 1. The van der Waals surface area contributed by atoms with Gasteiger partial charge in [-0.15, -0.1) is 11.3 Å². The molecule has 2 rings (SSSR count). The topological polar surface area (TPSA) is 12.0 Å². The normalized spacial score (nSPS) is 18.8. The highest BCUT2D eigenvalue weighted by molar-refractivity contribution is 7.12. The van der Waals surface area contributed by atoms with E-state index in [2.05, 4.69) is 43.6 Å². The minimum absolute atomic E-state index is 0.570. The average Bonchev–Trinajstić information content (AvgIpc) is 2.78. The number of hydrogen-bond donors (Lipinski definition) is 1. The summed E-state index contributed by atoms with van der Waals surface area (Å²) in [6.07, 6.45) is 7.96. The van der Waals surface area contributed by atoms with Crippen LogP contribution in [-0.2, 0) is 12.8 Å².